The summed E-state index contributed by atoms with van der Waals surface area (Å²) in [5.74, 6) is 0.223. The van der Waals surface area contributed by atoms with Crippen LogP contribution in [0.4, 0.5) is 0 Å². The number of rotatable bonds is 6. The minimum Gasteiger partial charge on any atom is -0.376 e. The van der Waals surface area contributed by atoms with Gasteiger partial charge in [-0.05, 0) is 25.0 Å². The van der Waals surface area contributed by atoms with Crippen LogP contribution < -0.4 is 16.4 Å². The van der Waals surface area contributed by atoms with E-state index >= 15 is 0 Å². The molecule has 0 aliphatic carbocycles. The first-order chi connectivity index (χ1) is 10.3. The van der Waals surface area contributed by atoms with Crippen LogP contribution in [0.15, 0.2) is 29.5 Å². The minimum absolute atomic E-state index is 0. The maximum Gasteiger partial charge on any atom is 0.252 e. The van der Waals surface area contributed by atoms with Crippen LogP contribution in [0.5, 0.6) is 0 Å². The highest BCUT2D eigenvalue weighted by atomic mass is 127. The smallest absolute Gasteiger partial charge is 0.252 e. The number of nitrogens with two attached hydrogens (primary N) is 1. The van der Waals surface area contributed by atoms with Crippen molar-refractivity contribution in [2.24, 2.45) is 10.7 Å². The van der Waals surface area contributed by atoms with E-state index in [1.54, 1.807) is 18.3 Å². The van der Waals surface area contributed by atoms with Crippen LogP contribution in [0.25, 0.3) is 0 Å². The largest absolute Gasteiger partial charge is 0.376 e. The lowest BCUT2D eigenvalue weighted by molar-refractivity contribution is 0.0954. The van der Waals surface area contributed by atoms with Gasteiger partial charge in [0, 0.05) is 32.1 Å². The van der Waals surface area contributed by atoms with Crippen LogP contribution in [0.2, 0.25) is 0 Å². The molecular weight excluding hydrogens is 397 g/mol. The lowest BCUT2D eigenvalue weighted by Gasteiger charge is -2.09. The van der Waals surface area contributed by atoms with Gasteiger partial charge in [0.2, 0.25) is 0 Å². The molecule has 1 saturated heterocycles. The number of guanidine groups is 1. The molecule has 4 N–H and O–H groups in total. The monoisotopic (exact) mass is 419 g/mol. The van der Waals surface area contributed by atoms with E-state index in [2.05, 4.69) is 20.6 Å². The van der Waals surface area contributed by atoms with Crippen molar-refractivity contribution in [3.63, 3.8) is 0 Å². The summed E-state index contributed by atoms with van der Waals surface area (Å²) in [6.45, 7) is 2.38. The Bertz CT molecular complexity index is 477. The van der Waals surface area contributed by atoms with Crippen molar-refractivity contribution in [1.82, 2.24) is 15.6 Å². The summed E-state index contributed by atoms with van der Waals surface area (Å²) in [5, 5.41) is 5.73. The second kappa shape index (κ2) is 10.3. The highest BCUT2D eigenvalue weighted by molar-refractivity contribution is 14.0. The first kappa shape index (κ1) is 18.6. The number of pyridine rings is 1. The third-order valence-corrected chi connectivity index (χ3v) is 3.13. The van der Waals surface area contributed by atoms with E-state index in [1.807, 2.05) is 0 Å². The Labute approximate surface area is 147 Å². The topological polar surface area (TPSA) is 102 Å². The Morgan fingerprint density at radius 2 is 2.27 bits per heavy atom. The molecule has 0 saturated carbocycles. The summed E-state index contributed by atoms with van der Waals surface area (Å²) in [4.78, 5) is 19.8. The van der Waals surface area contributed by atoms with E-state index < -0.39 is 0 Å². The summed E-state index contributed by atoms with van der Waals surface area (Å²) in [6, 6.07) is 3.44. The van der Waals surface area contributed by atoms with Gasteiger partial charge in [-0.2, -0.15) is 0 Å². The number of nitrogens with one attached hydrogen (secondary N) is 2. The Hall–Kier alpha value is -1.42. The van der Waals surface area contributed by atoms with E-state index in [0.29, 0.717) is 31.2 Å². The molecule has 1 aliphatic heterocycles. The predicted octanol–water partition coefficient (Wildman–Crippen LogP) is 0.513. The molecule has 1 fully saturated rings. The van der Waals surface area contributed by atoms with Gasteiger partial charge in [-0.1, -0.05) is 0 Å². The second-order valence-electron chi connectivity index (χ2n) is 4.79. The molecule has 7 nitrogen and oxygen atoms in total. The number of hydrogen-bond donors (Lipinski definition) is 3. The molecule has 1 unspecified atom stereocenters. The van der Waals surface area contributed by atoms with Gasteiger partial charge in [0.25, 0.3) is 5.91 Å². The van der Waals surface area contributed by atoms with E-state index in [-0.39, 0.29) is 36.0 Å². The third-order valence-electron chi connectivity index (χ3n) is 3.13. The van der Waals surface area contributed by atoms with Crippen LogP contribution in [-0.4, -0.2) is 49.2 Å². The summed E-state index contributed by atoms with van der Waals surface area (Å²) >= 11 is 0. The lowest BCUT2D eigenvalue weighted by Crippen LogP contribution is -2.38. The third kappa shape index (κ3) is 6.56. The molecule has 8 heteroatoms. The first-order valence-corrected chi connectivity index (χ1v) is 7.09. The van der Waals surface area contributed by atoms with Gasteiger partial charge in [0.05, 0.1) is 18.2 Å². The van der Waals surface area contributed by atoms with E-state index in [4.69, 9.17) is 10.5 Å². The average molecular weight is 419 g/mol. The zero-order chi connectivity index (χ0) is 14.9. The van der Waals surface area contributed by atoms with Crippen molar-refractivity contribution in [3.8, 4) is 0 Å². The first-order valence-electron chi connectivity index (χ1n) is 7.09. The van der Waals surface area contributed by atoms with E-state index in [1.165, 1.54) is 6.20 Å². The van der Waals surface area contributed by atoms with Gasteiger partial charge >= 0.3 is 0 Å². The van der Waals surface area contributed by atoms with Crippen LogP contribution in [0, 0.1) is 0 Å². The molecule has 0 spiro atoms. The number of aromatic nitrogens is 1. The molecule has 1 aliphatic rings. The number of aliphatic imine (C=N–C) groups is 1. The predicted molar refractivity (Wildman–Crippen MR) is 95.5 cm³/mol. The van der Waals surface area contributed by atoms with E-state index in [9.17, 15) is 4.79 Å². The highest BCUT2D eigenvalue weighted by Crippen LogP contribution is 2.11. The molecule has 1 aromatic heterocycles. The van der Waals surface area contributed by atoms with Crippen molar-refractivity contribution in [2.75, 3.05) is 26.2 Å². The van der Waals surface area contributed by atoms with Gasteiger partial charge < -0.3 is 21.1 Å². The van der Waals surface area contributed by atoms with Gasteiger partial charge in [0.1, 0.15) is 0 Å². The standard InChI is InChI=1S/C14H21N5O2.HI/c15-14(19-10-12-4-2-8-21-12)18-7-6-17-13(20)11-3-1-5-16-9-11;/h1,3,5,9,12H,2,4,6-8,10H2,(H,17,20)(H3,15,18,19);1H. The van der Waals surface area contributed by atoms with Gasteiger partial charge in [-0.3, -0.25) is 14.8 Å². The Morgan fingerprint density at radius 1 is 1.45 bits per heavy atom. The number of amides is 1. The highest BCUT2D eigenvalue weighted by Gasteiger charge is 2.14. The molecule has 1 atom stereocenters. The van der Waals surface area contributed by atoms with Crippen LogP contribution >= 0.6 is 24.0 Å². The van der Waals surface area contributed by atoms with Crippen LogP contribution in [0.1, 0.15) is 23.2 Å². The maximum atomic E-state index is 11.7. The molecule has 0 aromatic carbocycles. The normalized spacial score (nSPS) is 17.6. The number of nitrogens with zero attached hydrogens (tertiary/aromatic N) is 2. The Morgan fingerprint density at radius 3 is 2.95 bits per heavy atom. The van der Waals surface area contributed by atoms with Gasteiger partial charge in [-0.15, -0.1) is 24.0 Å². The molecule has 2 heterocycles. The van der Waals surface area contributed by atoms with E-state index in [0.717, 1.165) is 19.4 Å². The molecular formula is C14H22IN5O2. The minimum atomic E-state index is -0.153. The van der Waals surface area contributed by atoms with Crippen molar-refractivity contribution in [1.29, 1.82) is 0 Å². The van der Waals surface area contributed by atoms with Gasteiger partial charge in [0.15, 0.2) is 5.96 Å². The molecule has 1 amide bonds. The summed E-state index contributed by atoms with van der Waals surface area (Å²) in [6.07, 6.45) is 5.48. The maximum absolute atomic E-state index is 11.7. The quantitative estimate of drug-likeness (QED) is 0.270. The number of hydrogen-bond acceptors (Lipinski definition) is 4. The fourth-order valence-corrected chi connectivity index (χ4v) is 2.01. The fraction of sp³-hybridized carbons (Fsp3) is 0.500. The fourth-order valence-electron chi connectivity index (χ4n) is 2.01. The molecule has 0 bridgehead atoms. The van der Waals surface area contributed by atoms with Gasteiger partial charge in [-0.25, -0.2) is 0 Å². The van der Waals surface area contributed by atoms with Crippen molar-refractivity contribution in [3.05, 3.63) is 30.1 Å². The van der Waals surface area contributed by atoms with Crippen molar-refractivity contribution in [2.45, 2.75) is 18.9 Å². The van der Waals surface area contributed by atoms with Crippen molar-refractivity contribution >= 4 is 35.8 Å². The summed E-state index contributed by atoms with van der Waals surface area (Å²) in [7, 11) is 0. The SMILES string of the molecule is I.NC(=NCC1CCCO1)NCCNC(=O)c1cccnc1. The lowest BCUT2D eigenvalue weighted by atomic mass is 10.2. The second-order valence-corrected chi connectivity index (χ2v) is 4.79. The number of ether oxygens (including phenoxy) is 1. The average Bonchev–Trinajstić information content (AvgIpc) is 3.03. The van der Waals surface area contributed by atoms with Crippen LogP contribution in [0.3, 0.4) is 0 Å². The molecule has 1 aromatic rings. The summed E-state index contributed by atoms with van der Waals surface area (Å²) < 4.78 is 5.46. The Balaban J connectivity index is 0.00000242. The Kier molecular flexibility index (Phi) is 8.75. The zero-order valence-electron chi connectivity index (χ0n) is 12.3. The molecule has 22 heavy (non-hydrogen) atoms. The molecule has 0 radical (unpaired) electrons. The number of carbonyl (C=O) groups is 1. The van der Waals surface area contributed by atoms with Crippen LogP contribution in [-0.2, 0) is 4.74 Å². The number of carbonyl (C=O) groups excluding carboxylic acids is 1. The number of halogens is 1. The molecule has 122 valence electrons. The zero-order valence-corrected chi connectivity index (χ0v) is 14.7. The molecule has 2 rings (SSSR count). The summed E-state index contributed by atoms with van der Waals surface area (Å²) in [5.41, 5.74) is 6.28. The van der Waals surface area contributed by atoms with Crippen molar-refractivity contribution < 1.29 is 9.53 Å².